The van der Waals surface area contributed by atoms with Gasteiger partial charge in [-0.15, -0.1) is 10.2 Å². The van der Waals surface area contributed by atoms with Crippen molar-refractivity contribution in [3.8, 4) is 0 Å². The minimum absolute atomic E-state index is 0.0170. The van der Waals surface area contributed by atoms with Crippen LogP contribution in [0.5, 0.6) is 0 Å². The fourth-order valence-electron chi connectivity index (χ4n) is 3.25. The van der Waals surface area contributed by atoms with Gasteiger partial charge in [0.1, 0.15) is 0 Å². The predicted octanol–water partition coefficient (Wildman–Crippen LogP) is 3.16. The van der Waals surface area contributed by atoms with Gasteiger partial charge in [-0.05, 0) is 49.6 Å². The van der Waals surface area contributed by atoms with Crippen LogP contribution in [0, 0.1) is 13.8 Å². The molecule has 1 amide bonds. The van der Waals surface area contributed by atoms with E-state index in [0.29, 0.717) is 12.2 Å². The van der Waals surface area contributed by atoms with E-state index in [1.54, 1.807) is 0 Å². The van der Waals surface area contributed by atoms with Crippen LogP contribution >= 0.6 is 0 Å². The van der Waals surface area contributed by atoms with Crippen LogP contribution < -0.4 is 15.1 Å². The van der Waals surface area contributed by atoms with Gasteiger partial charge < -0.3 is 15.1 Å². The highest BCUT2D eigenvalue weighted by atomic mass is 16.1. The fourth-order valence-corrected chi connectivity index (χ4v) is 3.25. The molecule has 0 unspecified atom stereocenters. The van der Waals surface area contributed by atoms with E-state index in [2.05, 4.69) is 57.4 Å². The molecule has 1 aromatic carbocycles. The van der Waals surface area contributed by atoms with Gasteiger partial charge in [0.25, 0.3) is 0 Å². The zero-order chi connectivity index (χ0) is 18.5. The summed E-state index contributed by atoms with van der Waals surface area (Å²) in [4.78, 5) is 16.3. The highest BCUT2D eigenvalue weighted by molar-refractivity contribution is 5.89. The summed E-state index contributed by atoms with van der Waals surface area (Å²) in [5, 5.41) is 11.2. The van der Waals surface area contributed by atoms with Crippen LogP contribution in [0.4, 0.5) is 17.3 Å². The Morgan fingerprint density at radius 3 is 2.42 bits per heavy atom. The molecule has 0 spiro atoms. The molecule has 6 heteroatoms. The number of hydrogen-bond acceptors (Lipinski definition) is 5. The second-order valence-corrected chi connectivity index (χ2v) is 6.77. The summed E-state index contributed by atoms with van der Waals surface area (Å²) in [6.45, 7) is 10.1. The number of rotatable bonds is 5. The Kier molecular flexibility index (Phi) is 5.71. The summed E-state index contributed by atoms with van der Waals surface area (Å²) in [6.07, 6.45) is 1.33. The number of carbonyl (C=O) groups excluding carboxylic acids is 1. The third-order valence-electron chi connectivity index (χ3n) is 4.92. The van der Waals surface area contributed by atoms with Crippen molar-refractivity contribution < 1.29 is 4.79 Å². The number of nitrogens with one attached hydrogen (secondary N) is 1. The molecule has 6 nitrogen and oxygen atoms in total. The molecule has 0 atom stereocenters. The average molecular weight is 353 g/mol. The molecule has 0 bridgehead atoms. The lowest BCUT2D eigenvalue weighted by atomic mass is 10.1. The van der Waals surface area contributed by atoms with E-state index in [9.17, 15) is 4.79 Å². The van der Waals surface area contributed by atoms with Crippen molar-refractivity contribution >= 4 is 23.2 Å². The Labute approximate surface area is 155 Å². The number of nitrogens with zero attached hydrogens (tertiary/aromatic N) is 4. The minimum Gasteiger partial charge on any atom is -0.368 e. The first kappa shape index (κ1) is 18.2. The third-order valence-corrected chi connectivity index (χ3v) is 4.92. The smallest absolute Gasteiger partial charge is 0.225 e. The Balaban J connectivity index is 1.59. The van der Waals surface area contributed by atoms with Crippen LogP contribution in [0.2, 0.25) is 0 Å². The molecule has 138 valence electrons. The van der Waals surface area contributed by atoms with Gasteiger partial charge in [0, 0.05) is 38.3 Å². The van der Waals surface area contributed by atoms with Crippen LogP contribution in [-0.4, -0.2) is 42.3 Å². The predicted molar refractivity (Wildman–Crippen MR) is 106 cm³/mol. The van der Waals surface area contributed by atoms with Gasteiger partial charge in [-0.2, -0.15) is 0 Å². The first-order chi connectivity index (χ1) is 12.6. The van der Waals surface area contributed by atoms with Gasteiger partial charge >= 0.3 is 0 Å². The number of hydrogen-bond donors (Lipinski definition) is 1. The Hall–Kier alpha value is -2.63. The van der Waals surface area contributed by atoms with Gasteiger partial charge in [0.15, 0.2) is 11.6 Å². The highest BCUT2D eigenvalue weighted by Gasteiger charge is 2.20. The summed E-state index contributed by atoms with van der Waals surface area (Å²) in [7, 11) is 0. The van der Waals surface area contributed by atoms with Crippen molar-refractivity contribution in [1.29, 1.82) is 0 Å². The van der Waals surface area contributed by atoms with E-state index >= 15 is 0 Å². The fraction of sp³-hybridized carbons (Fsp3) is 0.450. The number of piperazine rings is 1. The third kappa shape index (κ3) is 4.12. The minimum atomic E-state index is -0.0170. The molecule has 26 heavy (non-hydrogen) atoms. The molecule has 0 aliphatic carbocycles. The molecular weight excluding hydrogens is 326 g/mol. The number of carbonyl (C=O) groups is 1. The lowest BCUT2D eigenvalue weighted by Gasteiger charge is -2.37. The summed E-state index contributed by atoms with van der Waals surface area (Å²) in [5.41, 5.74) is 4.01. The van der Waals surface area contributed by atoms with Crippen LogP contribution in [-0.2, 0) is 4.79 Å². The largest absolute Gasteiger partial charge is 0.368 e. The monoisotopic (exact) mass is 353 g/mol. The van der Waals surface area contributed by atoms with Crippen molar-refractivity contribution in [2.45, 2.75) is 33.6 Å². The van der Waals surface area contributed by atoms with Gasteiger partial charge in [-0.25, -0.2) is 0 Å². The topological polar surface area (TPSA) is 61.4 Å². The summed E-state index contributed by atoms with van der Waals surface area (Å²) >= 11 is 0. The molecule has 1 N–H and O–H groups in total. The molecular formula is C20H27N5O. The van der Waals surface area contributed by atoms with Crippen LogP contribution in [0.3, 0.4) is 0 Å². The molecule has 1 fully saturated rings. The van der Waals surface area contributed by atoms with E-state index < -0.39 is 0 Å². The Bertz CT molecular complexity index is 751. The standard InChI is InChI=1S/C20H27N5O/c1-4-6-20(26)21-18-9-10-19(23-22-18)25-13-11-24(12-14-25)17-8-5-7-15(2)16(17)3/h5,7-10H,4,6,11-14H2,1-3H3,(H,21,22,26). The number of anilines is 3. The molecule has 1 aliphatic rings. The zero-order valence-electron chi connectivity index (χ0n) is 15.8. The van der Waals surface area contributed by atoms with Gasteiger partial charge in [-0.3, -0.25) is 4.79 Å². The number of amides is 1. The average Bonchev–Trinajstić information content (AvgIpc) is 2.65. The Morgan fingerprint density at radius 2 is 1.77 bits per heavy atom. The van der Waals surface area contributed by atoms with Gasteiger partial charge in [-0.1, -0.05) is 19.1 Å². The van der Waals surface area contributed by atoms with Crippen molar-refractivity contribution in [1.82, 2.24) is 10.2 Å². The maximum Gasteiger partial charge on any atom is 0.225 e. The SMILES string of the molecule is CCCC(=O)Nc1ccc(N2CCN(c3cccc(C)c3C)CC2)nn1. The molecule has 0 radical (unpaired) electrons. The first-order valence-corrected chi connectivity index (χ1v) is 9.28. The van der Waals surface area contributed by atoms with E-state index in [4.69, 9.17) is 0 Å². The lowest BCUT2D eigenvalue weighted by Crippen LogP contribution is -2.47. The van der Waals surface area contributed by atoms with Crippen LogP contribution in [0.15, 0.2) is 30.3 Å². The normalized spacial score (nSPS) is 14.4. The number of benzene rings is 1. The summed E-state index contributed by atoms with van der Waals surface area (Å²) < 4.78 is 0. The summed E-state index contributed by atoms with van der Waals surface area (Å²) in [6, 6.07) is 10.2. The molecule has 3 rings (SSSR count). The second-order valence-electron chi connectivity index (χ2n) is 6.77. The number of aromatic nitrogens is 2. The highest BCUT2D eigenvalue weighted by Crippen LogP contribution is 2.25. The van der Waals surface area contributed by atoms with Gasteiger partial charge in [0.05, 0.1) is 0 Å². The number of aryl methyl sites for hydroxylation is 1. The lowest BCUT2D eigenvalue weighted by molar-refractivity contribution is -0.116. The van der Waals surface area contributed by atoms with E-state index in [1.807, 2.05) is 19.1 Å². The second kappa shape index (κ2) is 8.17. The summed E-state index contributed by atoms with van der Waals surface area (Å²) in [5.74, 6) is 1.36. The molecule has 1 aliphatic heterocycles. The maximum atomic E-state index is 11.6. The first-order valence-electron chi connectivity index (χ1n) is 9.28. The Morgan fingerprint density at radius 1 is 1.04 bits per heavy atom. The van der Waals surface area contributed by atoms with E-state index in [0.717, 1.165) is 38.4 Å². The van der Waals surface area contributed by atoms with Crippen molar-refractivity contribution in [2.24, 2.45) is 0 Å². The molecule has 1 saturated heterocycles. The van der Waals surface area contributed by atoms with E-state index in [-0.39, 0.29) is 5.91 Å². The quantitative estimate of drug-likeness (QED) is 0.895. The van der Waals surface area contributed by atoms with Crippen LogP contribution in [0.1, 0.15) is 30.9 Å². The van der Waals surface area contributed by atoms with Crippen molar-refractivity contribution in [2.75, 3.05) is 41.3 Å². The molecule has 2 aromatic rings. The maximum absolute atomic E-state index is 11.6. The van der Waals surface area contributed by atoms with E-state index in [1.165, 1.54) is 16.8 Å². The molecule has 0 saturated carbocycles. The zero-order valence-corrected chi connectivity index (χ0v) is 15.8. The molecule has 2 heterocycles. The van der Waals surface area contributed by atoms with Crippen molar-refractivity contribution in [3.63, 3.8) is 0 Å². The van der Waals surface area contributed by atoms with Gasteiger partial charge in [0.2, 0.25) is 5.91 Å². The van der Waals surface area contributed by atoms with Crippen LogP contribution in [0.25, 0.3) is 0 Å². The van der Waals surface area contributed by atoms with Crippen molar-refractivity contribution in [3.05, 3.63) is 41.5 Å². The molecule has 1 aromatic heterocycles.